The van der Waals surface area contributed by atoms with Gasteiger partial charge in [0.2, 0.25) is 7.37 Å². The Morgan fingerprint density at radius 1 is 1.21 bits per heavy atom. The lowest BCUT2D eigenvalue weighted by atomic mass is 10.0. The fourth-order valence-corrected chi connectivity index (χ4v) is 2.48. The minimum absolute atomic E-state index is 0.0324. The second-order valence-corrected chi connectivity index (χ2v) is 8.47. The van der Waals surface area contributed by atoms with E-state index in [2.05, 4.69) is 5.32 Å². The van der Waals surface area contributed by atoms with Crippen molar-refractivity contribution in [3.05, 3.63) is 59.7 Å². The van der Waals surface area contributed by atoms with E-state index in [0.717, 1.165) is 29.1 Å². The first-order valence-corrected chi connectivity index (χ1v) is 11.2. The van der Waals surface area contributed by atoms with Gasteiger partial charge in [-0.15, -0.1) is 0 Å². The summed E-state index contributed by atoms with van der Waals surface area (Å²) in [7, 11) is -3.41. The molecule has 0 saturated carbocycles. The van der Waals surface area contributed by atoms with E-state index >= 15 is 0 Å². The monoisotopic (exact) mass is 407 g/mol. The number of anilines is 1. The van der Waals surface area contributed by atoms with Crippen LogP contribution in [0.1, 0.15) is 40.2 Å². The average Bonchev–Trinajstić information content (AvgIpc) is 2.97. The molecule has 2 unspecified atom stereocenters. The van der Waals surface area contributed by atoms with Gasteiger partial charge in [0, 0.05) is 23.5 Å². The predicted octanol–water partition coefficient (Wildman–Crippen LogP) is 4.93. The molecule has 2 rings (SSSR count). The van der Waals surface area contributed by atoms with Crippen LogP contribution in [0.3, 0.4) is 0 Å². The largest absolute Gasteiger partial charge is 0.481 e. The van der Waals surface area contributed by atoms with Crippen LogP contribution in [-0.4, -0.2) is 34.2 Å². The summed E-state index contributed by atoms with van der Waals surface area (Å²) in [6.45, 7) is 10.2. The normalized spacial score (nSPS) is 17.5. The molecule has 6 nitrogen and oxygen atoms in total. The lowest BCUT2D eigenvalue weighted by molar-refractivity contribution is -0.136. The van der Waals surface area contributed by atoms with Gasteiger partial charge in [-0.3, -0.25) is 14.2 Å². The molecule has 1 heterocycles. The van der Waals surface area contributed by atoms with Crippen molar-refractivity contribution in [2.24, 2.45) is 0 Å². The summed E-state index contributed by atoms with van der Waals surface area (Å²) in [5.74, 6) is -1.27. The SMILES string of the molecule is CC.CC(C(=O)O)P(C)(=O)O.C\C=C/C(/C=C1\C(=O)Nc2ccccc21)=C\C. The number of hydrogen-bond donors (Lipinski definition) is 3. The molecular formula is C21H30NO5P. The second-order valence-electron chi connectivity index (χ2n) is 5.80. The maximum Gasteiger partial charge on any atom is 0.316 e. The topological polar surface area (TPSA) is 104 Å². The molecule has 0 fully saturated rings. The van der Waals surface area contributed by atoms with Gasteiger partial charge in [-0.2, -0.15) is 0 Å². The van der Waals surface area contributed by atoms with Crippen molar-refractivity contribution in [2.75, 3.05) is 12.0 Å². The Hall–Kier alpha value is -2.43. The molecule has 1 amide bonds. The standard InChI is InChI=1S/C15H15NO.C4H9O4P.C2H6/c1-3-7-11(4-2)10-13-12-8-5-6-9-14(12)16-15(13)17;1-3(4(5)6)9(2,7)8;1-2/h3-10H,1-2H3,(H,16,17);3H,1-2H3,(H,5,6)(H,7,8);1-2H3/b7-3-,11-4+,13-10-;;. The summed E-state index contributed by atoms with van der Waals surface area (Å²) in [5.41, 5.74) is 2.47. The van der Waals surface area contributed by atoms with Crippen LogP contribution in [0.25, 0.3) is 5.57 Å². The van der Waals surface area contributed by atoms with E-state index in [9.17, 15) is 14.2 Å². The third-order valence-corrected chi connectivity index (χ3v) is 5.45. The molecule has 3 N–H and O–H groups in total. The highest BCUT2D eigenvalue weighted by molar-refractivity contribution is 7.58. The van der Waals surface area contributed by atoms with Crippen LogP contribution >= 0.6 is 7.37 Å². The zero-order valence-corrected chi connectivity index (χ0v) is 18.2. The highest BCUT2D eigenvalue weighted by Gasteiger charge is 2.27. The minimum Gasteiger partial charge on any atom is -0.481 e. The van der Waals surface area contributed by atoms with E-state index in [1.807, 2.05) is 76.3 Å². The maximum atomic E-state index is 11.9. The number of hydrogen-bond acceptors (Lipinski definition) is 3. The Morgan fingerprint density at radius 3 is 2.21 bits per heavy atom. The van der Waals surface area contributed by atoms with Gasteiger partial charge in [0.25, 0.3) is 5.91 Å². The number of carboxylic acid groups (broad SMARTS) is 1. The van der Waals surface area contributed by atoms with Gasteiger partial charge in [-0.1, -0.05) is 50.3 Å². The van der Waals surface area contributed by atoms with E-state index < -0.39 is 19.0 Å². The quantitative estimate of drug-likeness (QED) is 0.373. The molecule has 154 valence electrons. The Bertz CT molecular complexity index is 818. The number of carbonyl (C=O) groups is 2. The van der Waals surface area contributed by atoms with Crippen molar-refractivity contribution in [3.63, 3.8) is 0 Å². The minimum atomic E-state index is -3.41. The number of para-hydroxylation sites is 1. The van der Waals surface area contributed by atoms with Crippen LogP contribution in [0.5, 0.6) is 0 Å². The molecule has 1 aliphatic heterocycles. The van der Waals surface area contributed by atoms with Gasteiger partial charge in [0.1, 0.15) is 5.66 Å². The molecule has 28 heavy (non-hydrogen) atoms. The number of aliphatic carboxylic acids is 1. The number of allylic oxidation sites excluding steroid dienone is 5. The van der Waals surface area contributed by atoms with Gasteiger partial charge in [0.15, 0.2) is 0 Å². The number of benzene rings is 1. The van der Waals surface area contributed by atoms with E-state index in [-0.39, 0.29) is 5.91 Å². The van der Waals surface area contributed by atoms with Crippen LogP contribution < -0.4 is 5.32 Å². The number of carbonyl (C=O) groups excluding carboxylic acids is 1. The van der Waals surface area contributed by atoms with Gasteiger partial charge >= 0.3 is 5.97 Å². The van der Waals surface area contributed by atoms with Gasteiger partial charge in [-0.25, -0.2) is 0 Å². The Morgan fingerprint density at radius 2 is 1.79 bits per heavy atom. The van der Waals surface area contributed by atoms with E-state index in [4.69, 9.17) is 10.00 Å². The van der Waals surface area contributed by atoms with Gasteiger partial charge in [-0.05, 0) is 38.5 Å². The van der Waals surface area contributed by atoms with E-state index in [1.54, 1.807) is 0 Å². The van der Waals surface area contributed by atoms with Crippen molar-refractivity contribution < 1.29 is 24.2 Å². The zero-order chi connectivity index (χ0) is 21.9. The second kappa shape index (κ2) is 12.1. The Kier molecular flexibility index (Phi) is 11.1. The third-order valence-electron chi connectivity index (χ3n) is 3.79. The molecule has 0 saturated heterocycles. The molecule has 0 spiro atoms. The van der Waals surface area contributed by atoms with E-state index in [0.29, 0.717) is 0 Å². The summed E-state index contributed by atoms with van der Waals surface area (Å²) < 4.78 is 10.5. The first kappa shape index (κ1) is 25.6. The fourth-order valence-electron chi connectivity index (χ4n) is 2.07. The summed E-state index contributed by atoms with van der Waals surface area (Å²) in [6.07, 6.45) is 7.86. The van der Waals surface area contributed by atoms with Crippen molar-refractivity contribution in [2.45, 2.75) is 40.3 Å². The molecule has 2 atom stereocenters. The van der Waals surface area contributed by atoms with Crippen molar-refractivity contribution in [1.82, 2.24) is 0 Å². The molecule has 1 aromatic rings. The smallest absolute Gasteiger partial charge is 0.316 e. The lowest BCUT2D eigenvalue weighted by Crippen LogP contribution is -2.15. The zero-order valence-electron chi connectivity index (χ0n) is 17.3. The van der Waals surface area contributed by atoms with Crippen LogP contribution in [0, 0.1) is 0 Å². The Balaban J connectivity index is 0.000000566. The van der Waals surface area contributed by atoms with Crippen LogP contribution in [0.15, 0.2) is 54.1 Å². The number of carboxylic acids is 1. The van der Waals surface area contributed by atoms with E-state index in [1.165, 1.54) is 6.92 Å². The highest BCUT2D eigenvalue weighted by atomic mass is 31.2. The summed E-state index contributed by atoms with van der Waals surface area (Å²) >= 11 is 0. The highest BCUT2D eigenvalue weighted by Crippen LogP contribution is 2.41. The molecule has 7 heteroatoms. The number of rotatable bonds is 4. The Labute approximate surface area is 167 Å². The summed E-state index contributed by atoms with van der Waals surface area (Å²) in [4.78, 5) is 30.5. The average molecular weight is 407 g/mol. The maximum absolute atomic E-state index is 11.9. The van der Waals surface area contributed by atoms with Crippen LogP contribution in [-0.2, 0) is 14.2 Å². The molecule has 0 aliphatic carbocycles. The fraction of sp³-hybridized carbons (Fsp3) is 0.333. The molecule has 1 aromatic carbocycles. The van der Waals surface area contributed by atoms with Crippen molar-refractivity contribution in [3.8, 4) is 0 Å². The summed E-state index contributed by atoms with van der Waals surface area (Å²) in [5, 5.41) is 11.0. The predicted molar refractivity (Wildman–Crippen MR) is 116 cm³/mol. The summed E-state index contributed by atoms with van der Waals surface area (Å²) in [6, 6.07) is 7.74. The van der Waals surface area contributed by atoms with Crippen molar-refractivity contribution >= 4 is 30.5 Å². The molecule has 0 radical (unpaired) electrons. The van der Waals surface area contributed by atoms with Gasteiger partial charge in [0.05, 0.1) is 0 Å². The molecular weight excluding hydrogens is 377 g/mol. The molecule has 0 aromatic heterocycles. The number of fused-ring (bicyclic) bond motifs is 1. The van der Waals surface area contributed by atoms with Crippen molar-refractivity contribution in [1.29, 1.82) is 0 Å². The first-order chi connectivity index (χ1) is 13.1. The first-order valence-electron chi connectivity index (χ1n) is 9.06. The lowest BCUT2D eigenvalue weighted by Gasteiger charge is -2.08. The number of nitrogens with one attached hydrogen (secondary N) is 1. The third kappa shape index (κ3) is 7.67. The number of amides is 1. The molecule has 0 bridgehead atoms. The molecule has 1 aliphatic rings. The van der Waals surface area contributed by atoms with Crippen LogP contribution in [0.4, 0.5) is 5.69 Å². The van der Waals surface area contributed by atoms with Gasteiger partial charge < -0.3 is 15.3 Å². The van der Waals surface area contributed by atoms with Crippen LogP contribution in [0.2, 0.25) is 0 Å².